The largest absolute Gasteiger partial charge is 0.437 e. The molecule has 0 amide bonds. The molecule has 0 aromatic carbocycles. The number of hydrogen-bond acceptors (Lipinski definition) is 3. The molecule has 1 aliphatic heterocycles. The number of ether oxygens (including phenoxy) is 2. The van der Waals surface area contributed by atoms with E-state index in [0.717, 1.165) is 0 Å². The second-order valence-corrected chi connectivity index (χ2v) is 1.39. The molecule has 1 fully saturated rings. The van der Waals surface area contributed by atoms with Crippen LogP contribution in [0.3, 0.4) is 0 Å². The summed E-state index contributed by atoms with van der Waals surface area (Å²) < 4.78 is 9.10. The highest BCUT2D eigenvalue weighted by Crippen LogP contribution is 2.01. The third-order valence-corrected chi connectivity index (χ3v) is 0.851. The maximum absolute atomic E-state index is 10.2. The van der Waals surface area contributed by atoms with Gasteiger partial charge in [-0.3, -0.25) is 0 Å². The second-order valence-electron chi connectivity index (χ2n) is 1.39. The number of rotatable bonds is 0. The Morgan fingerprint density at radius 3 is 2.71 bits per heavy atom. The molecule has 1 saturated heterocycles. The smallest absolute Gasteiger partial charge is 0.337 e. The van der Waals surface area contributed by atoms with Gasteiger partial charge in [0.05, 0.1) is 0 Å². The molecule has 0 N–H and O–H groups in total. The third kappa shape index (κ3) is 0.718. The van der Waals surface area contributed by atoms with E-state index >= 15 is 0 Å². The maximum Gasteiger partial charge on any atom is 0.337 e. The van der Waals surface area contributed by atoms with Crippen molar-refractivity contribution >= 4 is 5.97 Å². The van der Waals surface area contributed by atoms with Crippen LogP contribution in [0.25, 0.3) is 0 Å². The summed E-state index contributed by atoms with van der Waals surface area (Å²) in [7, 11) is 0. The summed E-state index contributed by atoms with van der Waals surface area (Å²) in [6, 6.07) is 0. The first kappa shape index (κ1) is 4.59. The third-order valence-electron chi connectivity index (χ3n) is 0.851. The van der Waals surface area contributed by atoms with E-state index in [0.29, 0.717) is 0 Å². The zero-order chi connectivity index (χ0) is 5.28. The molecule has 1 rings (SSSR count). The molecule has 0 radical (unpaired) electrons. The first-order valence-electron chi connectivity index (χ1n) is 2.09. The summed E-state index contributed by atoms with van der Waals surface area (Å²) in [5.74, 6) is -0.264. The molecule has 0 saturated carbocycles. The van der Waals surface area contributed by atoms with E-state index in [2.05, 4.69) is 4.74 Å². The van der Waals surface area contributed by atoms with Crippen LogP contribution in [0.2, 0.25) is 0 Å². The Bertz CT molecular complexity index is 88.9. The first-order chi connectivity index (χ1) is 3.30. The molecular formula is C4H6O3. The molecule has 7 heavy (non-hydrogen) atoms. The van der Waals surface area contributed by atoms with Crippen LogP contribution in [-0.4, -0.2) is 18.9 Å². The van der Waals surface area contributed by atoms with E-state index in [1.165, 1.54) is 0 Å². The lowest BCUT2D eigenvalue weighted by Gasteiger charge is -1.87. The molecule has 0 aromatic heterocycles. The van der Waals surface area contributed by atoms with Gasteiger partial charge < -0.3 is 9.47 Å². The van der Waals surface area contributed by atoms with Crippen LogP contribution >= 0.6 is 0 Å². The van der Waals surface area contributed by atoms with Crippen molar-refractivity contribution in [1.82, 2.24) is 0 Å². The van der Waals surface area contributed by atoms with E-state index in [1.54, 1.807) is 6.92 Å². The predicted octanol–water partition coefficient (Wildman–Crippen LogP) is -0.0942. The lowest BCUT2D eigenvalue weighted by atomic mass is 10.4. The molecule has 0 aromatic rings. The highest BCUT2D eigenvalue weighted by atomic mass is 16.7. The van der Waals surface area contributed by atoms with Crippen molar-refractivity contribution in [3.05, 3.63) is 0 Å². The number of carbonyl (C=O) groups is 1. The molecule has 1 atom stereocenters. The molecule has 0 bridgehead atoms. The lowest BCUT2D eigenvalue weighted by Crippen LogP contribution is -2.09. The van der Waals surface area contributed by atoms with Crippen LogP contribution in [0.4, 0.5) is 0 Å². The van der Waals surface area contributed by atoms with Crippen LogP contribution in [0.15, 0.2) is 0 Å². The van der Waals surface area contributed by atoms with Gasteiger partial charge in [0.2, 0.25) is 0 Å². The predicted molar refractivity (Wildman–Crippen MR) is 21.5 cm³/mol. The van der Waals surface area contributed by atoms with E-state index in [1.807, 2.05) is 0 Å². The van der Waals surface area contributed by atoms with Gasteiger partial charge in [-0.1, -0.05) is 0 Å². The minimum Gasteiger partial charge on any atom is -0.437 e. The normalized spacial score (nSPS) is 30.4. The second kappa shape index (κ2) is 1.50. The van der Waals surface area contributed by atoms with Crippen molar-refractivity contribution in [3.63, 3.8) is 0 Å². The van der Waals surface area contributed by atoms with Crippen molar-refractivity contribution in [2.45, 2.75) is 13.0 Å². The van der Waals surface area contributed by atoms with Crippen LogP contribution in [0.1, 0.15) is 6.92 Å². The minimum atomic E-state index is -0.347. The summed E-state index contributed by atoms with van der Waals surface area (Å²) in [5, 5.41) is 0. The Hall–Kier alpha value is -0.570. The SMILES string of the molecule is CC1OCOC1=O. The summed E-state index contributed by atoms with van der Waals surface area (Å²) in [5.41, 5.74) is 0. The monoisotopic (exact) mass is 102 g/mol. The summed E-state index contributed by atoms with van der Waals surface area (Å²) in [6.45, 7) is 1.79. The Morgan fingerprint density at radius 1 is 1.86 bits per heavy atom. The Balaban J connectivity index is 2.48. The Labute approximate surface area is 41.2 Å². The van der Waals surface area contributed by atoms with Crippen molar-refractivity contribution in [2.75, 3.05) is 6.79 Å². The highest BCUT2D eigenvalue weighted by Gasteiger charge is 2.21. The van der Waals surface area contributed by atoms with Gasteiger partial charge in [0.25, 0.3) is 0 Å². The number of carbonyl (C=O) groups excluding carboxylic acids is 1. The molecule has 40 valence electrons. The molecule has 1 unspecified atom stereocenters. The van der Waals surface area contributed by atoms with Gasteiger partial charge in [0.15, 0.2) is 12.9 Å². The van der Waals surface area contributed by atoms with Crippen molar-refractivity contribution in [2.24, 2.45) is 0 Å². The molecule has 1 heterocycles. The Kier molecular flexibility index (Phi) is 0.982. The fourth-order valence-electron chi connectivity index (χ4n) is 0.380. The zero-order valence-electron chi connectivity index (χ0n) is 4.01. The maximum atomic E-state index is 10.2. The number of hydrogen-bond donors (Lipinski definition) is 0. The standard InChI is InChI=1S/C4H6O3/c1-3-4(5)7-2-6-3/h3H,2H2,1H3. The fourth-order valence-corrected chi connectivity index (χ4v) is 0.380. The average Bonchev–Trinajstić information content (AvgIpc) is 1.91. The van der Waals surface area contributed by atoms with Gasteiger partial charge in [0.1, 0.15) is 0 Å². The van der Waals surface area contributed by atoms with Gasteiger partial charge in [-0.15, -0.1) is 0 Å². The van der Waals surface area contributed by atoms with Crippen molar-refractivity contribution in [1.29, 1.82) is 0 Å². The Morgan fingerprint density at radius 2 is 2.57 bits per heavy atom. The van der Waals surface area contributed by atoms with Crippen LogP contribution in [0, 0.1) is 0 Å². The summed E-state index contributed by atoms with van der Waals surface area (Å²) >= 11 is 0. The summed E-state index contributed by atoms with van der Waals surface area (Å²) in [6.07, 6.45) is -0.347. The zero-order valence-corrected chi connectivity index (χ0v) is 4.01. The van der Waals surface area contributed by atoms with Crippen molar-refractivity contribution in [3.8, 4) is 0 Å². The van der Waals surface area contributed by atoms with Gasteiger partial charge in [-0.2, -0.15) is 0 Å². The summed E-state index contributed by atoms with van der Waals surface area (Å²) in [4.78, 5) is 10.2. The van der Waals surface area contributed by atoms with Crippen molar-refractivity contribution < 1.29 is 14.3 Å². The van der Waals surface area contributed by atoms with Crippen LogP contribution in [-0.2, 0) is 14.3 Å². The molecule has 1 aliphatic rings. The minimum absolute atomic E-state index is 0.125. The van der Waals surface area contributed by atoms with E-state index in [-0.39, 0.29) is 18.9 Å². The molecule has 0 spiro atoms. The van der Waals surface area contributed by atoms with Gasteiger partial charge >= 0.3 is 5.97 Å². The first-order valence-corrected chi connectivity index (χ1v) is 2.09. The quantitative estimate of drug-likeness (QED) is 0.401. The molecule has 0 aliphatic carbocycles. The van der Waals surface area contributed by atoms with E-state index in [4.69, 9.17) is 4.74 Å². The van der Waals surface area contributed by atoms with Gasteiger partial charge in [-0.05, 0) is 6.92 Å². The fraction of sp³-hybridized carbons (Fsp3) is 0.750. The topological polar surface area (TPSA) is 35.5 Å². The lowest BCUT2D eigenvalue weighted by molar-refractivity contribution is -0.138. The average molecular weight is 102 g/mol. The van der Waals surface area contributed by atoms with Crippen LogP contribution in [0.5, 0.6) is 0 Å². The number of cyclic esters (lactones) is 1. The molecular weight excluding hydrogens is 96.0 g/mol. The van der Waals surface area contributed by atoms with Gasteiger partial charge in [-0.25, -0.2) is 4.79 Å². The van der Waals surface area contributed by atoms with E-state index < -0.39 is 0 Å². The number of esters is 1. The molecule has 3 nitrogen and oxygen atoms in total. The molecule has 3 heteroatoms. The van der Waals surface area contributed by atoms with Crippen LogP contribution < -0.4 is 0 Å². The van der Waals surface area contributed by atoms with E-state index in [9.17, 15) is 4.79 Å². The van der Waals surface area contributed by atoms with Gasteiger partial charge in [0, 0.05) is 0 Å². The highest BCUT2D eigenvalue weighted by molar-refractivity contribution is 5.75.